The monoisotopic (exact) mass is 219 g/mol. The molecule has 1 nitrogen and oxygen atoms in total. The lowest BCUT2D eigenvalue weighted by Crippen LogP contribution is -2.33. The van der Waals surface area contributed by atoms with Crippen molar-refractivity contribution < 1.29 is 4.39 Å². The van der Waals surface area contributed by atoms with Crippen LogP contribution in [0.4, 0.5) is 4.39 Å². The smallest absolute Gasteiger partial charge is 0.107 e. The van der Waals surface area contributed by atoms with E-state index in [4.69, 9.17) is 0 Å². The van der Waals surface area contributed by atoms with E-state index in [-0.39, 0.29) is 5.83 Å². The third kappa shape index (κ3) is 2.92. The van der Waals surface area contributed by atoms with Gasteiger partial charge in [-0.2, -0.15) is 0 Å². The molecule has 0 unspecified atom stereocenters. The Morgan fingerprint density at radius 1 is 1.25 bits per heavy atom. The van der Waals surface area contributed by atoms with E-state index in [1.165, 1.54) is 5.56 Å². The molecule has 16 heavy (non-hydrogen) atoms. The van der Waals surface area contributed by atoms with Gasteiger partial charge in [0, 0.05) is 6.54 Å². The first-order valence-corrected chi connectivity index (χ1v) is 5.86. The molecule has 86 valence electrons. The second-order valence-corrected chi connectivity index (χ2v) is 4.48. The molecule has 1 aromatic carbocycles. The minimum Gasteiger partial charge on any atom is -0.297 e. The lowest BCUT2D eigenvalue weighted by atomic mass is 9.89. The zero-order chi connectivity index (χ0) is 11.4. The van der Waals surface area contributed by atoms with Crippen molar-refractivity contribution in [1.82, 2.24) is 4.90 Å². The molecule has 1 heterocycles. The van der Waals surface area contributed by atoms with Crippen LogP contribution in [0.25, 0.3) is 0 Å². The van der Waals surface area contributed by atoms with Gasteiger partial charge in [-0.15, -0.1) is 0 Å². The first kappa shape index (κ1) is 11.3. The summed E-state index contributed by atoms with van der Waals surface area (Å²) in [5, 5.41) is 0. The summed E-state index contributed by atoms with van der Waals surface area (Å²) in [6.45, 7) is 5.67. The average Bonchev–Trinajstić information content (AvgIpc) is 2.30. The standard InChI is InChI=1S/C14H18FN/c1-12(15)11-16-9-7-14(8-10-16)13-5-3-2-4-6-13/h2-6,14H,1,7-11H2. The molecule has 0 aliphatic carbocycles. The third-order valence-electron chi connectivity index (χ3n) is 3.25. The van der Waals surface area contributed by atoms with Crippen molar-refractivity contribution in [3.8, 4) is 0 Å². The summed E-state index contributed by atoms with van der Waals surface area (Å²) in [5.74, 6) is 0.420. The van der Waals surface area contributed by atoms with Crippen LogP contribution in [0.1, 0.15) is 24.3 Å². The maximum Gasteiger partial charge on any atom is 0.107 e. The van der Waals surface area contributed by atoms with Gasteiger partial charge >= 0.3 is 0 Å². The molecule has 0 aromatic heterocycles. The van der Waals surface area contributed by atoms with E-state index in [0.29, 0.717) is 12.5 Å². The molecular formula is C14H18FN. The lowest BCUT2D eigenvalue weighted by Gasteiger charge is -2.31. The van der Waals surface area contributed by atoms with Crippen molar-refractivity contribution in [3.05, 3.63) is 48.3 Å². The quantitative estimate of drug-likeness (QED) is 0.753. The third-order valence-corrected chi connectivity index (χ3v) is 3.25. The molecule has 0 spiro atoms. The van der Waals surface area contributed by atoms with Crippen LogP contribution in [0, 0.1) is 0 Å². The largest absolute Gasteiger partial charge is 0.297 e. The number of hydrogen-bond acceptors (Lipinski definition) is 1. The molecule has 0 saturated carbocycles. The molecule has 0 radical (unpaired) electrons. The summed E-state index contributed by atoms with van der Waals surface area (Å²) in [4.78, 5) is 2.14. The van der Waals surface area contributed by atoms with E-state index >= 15 is 0 Å². The first-order valence-electron chi connectivity index (χ1n) is 5.86. The summed E-state index contributed by atoms with van der Waals surface area (Å²) < 4.78 is 12.7. The van der Waals surface area contributed by atoms with Crippen LogP contribution in [-0.4, -0.2) is 24.5 Å². The second kappa shape index (κ2) is 5.26. The fourth-order valence-electron chi connectivity index (χ4n) is 2.39. The number of halogens is 1. The van der Waals surface area contributed by atoms with Gasteiger partial charge in [-0.1, -0.05) is 36.9 Å². The van der Waals surface area contributed by atoms with Gasteiger partial charge in [-0.05, 0) is 37.4 Å². The first-order chi connectivity index (χ1) is 7.75. The van der Waals surface area contributed by atoms with Crippen molar-refractivity contribution in [2.24, 2.45) is 0 Å². The number of hydrogen-bond donors (Lipinski definition) is 0. The Balaban J connectivity index is 1.88. The van der Waals surface area contributed by atoms with Gasteiger partial charge < -0.3 is 0 Å². The minimum absolute atomic E-state index is 0.224. The van der Waals surface area contributed by atoms with Crippen molar-refractivity contribution in [2.75, 3.05) is 19.6 Å². The van der Waals surface area contributed by atoms with Gasteiger partial charge in [0.1, 0.15) is 5.83 Å². The summed E-state index contributed by atoms with van der Waals surface area (Å²) in [7, 11) is 0. The molecule has 0 N–H and O–H groups in total. The van der Waals surface area contributed by atoms with Crippen molar-refractivity contribution >= 4 is 0 Å². The van der Waals surface area contributed by atoms with Crippen LogP contribution in [0.5, 0.6) is 0 Å². The predicted molar refractivity (Wildman–Crippen MR) is 65.1 cm³/mol. The normalized spacial score (nSPS) is 18.6. The highest BCUT2D eigenvalue weighted by molar-refractivity contribution is 5.20. The molecule has 1 aliphatic rings. The Hall–Kier alpha value is -1.15. The molecule has 1 fully saturated rings. The lowest BCUT2D eigenvalue weighted by molar-refractivity contribution is 0.217. The SMILES string of the molecule is C=C(F)CN1CCC(c2ccccc2)CC1. The Labute approximate surface area is 96.6 Å². The maximum atomic E-state index is 12.7. The van der Waals surface area contributed by atoms with Gasteiger partial charge in [0.2, 0.25) is 0 Å². The molecule has 1 aromatic rings. The van der Waals surface area contributed by atoms with Gasteiger partial charge in [0.25, 0.3) is 0 Å². The number of piperidine rings is 1. The van der Waals surface area contributed by atoms with Crippen molar-refractivity contribution in [3.63, 3.8) is 0 Å². The molecule has 1 saturated heterocycles. The van der Waals surface area contributed by atoms with Crippen LogP contribution in [0.15, 0.2) is 42.7 Å². The van der Waals surface area contributed by atoms with E-state index in [1.54, 1.807) is 0 Å². The number of rotatable bonds is 3. The highest BCUT2D eigenvalue weighted by Crippen LogP contribution is 2.27. The highest BCUT2D eigenvalue weighted by Gasteiger charge is 2.20. The van der Waals surface area contributed by atoms with Crippen LogP contribution in [-0.2, 0) is 0 Å². The number of nitrogens with zero attached hydrogens (tertiary/aromatic N) is 1. The van der Waals surface area contributed by atoms with Crippen LogP contribution >= 0.6 is 0 Å². The van der Waals surface area contributed by atoms with Gasteiger partial charge in [-0.3, -0.25) is 4.90 Å². The fourth-order valence-corrected chi connectivity index (χ4v) is 2.39. The van der Waals surface area contributed by atoms with Crippen molar-refractivity contribution in [2.45, 2.75) is 18.8 Å². The summed E-state index contributed by atoms with van der Waals surface area (Å²) in [5.41, 5.74) is 1.42. The summed E-state index contributed by atoms with van der Waals surface area (Å²) in [6.07, 6.45) is 2.24. The van der Waals surface area contributed by atoms with Gasteiger partial charge in [0.05, 0.1) is 0 Å². The second-order valence-electron chi connectivity index (χ2n) is 4.48. The van der Waals surface area contributed by atoms with Gasteiger partial charge in [0.15, 0.2) is 0 Å². The number of likely N-dealkylation sites (tertiary alicyclic amines) is 1. The molecule has 2 heteroatoms. The molecular weight excluding hydrogens is 201 g/mol. The molecule has 0 bridgehead atoms. The van der Waals surface area contributed by atoms with E-state index < -0.39 is 0 Å². The zero-order valence-electron chi connectivity index (χ0n) is 9.53. The van der Waals surface area contributed by atoms with Crippen LogP contribution < -0.4 is 0 Å². The van der Waals surface area contributed by atoms with Crippen LogP contribution in [0.2, 0.25) is 0 Å². The van der Waals surface area contributed by atoms with E-state index in [2.05, 4.69) is 35.7 Å². The molecule has 0 atom stereocenters. The van der Waals surface area contributed by atoms with Crippen molar-refractivity contribution in [1.29, 1.82) is 0 Å². The minimum atomic E-state index is -0.224. The summed E-state index contributed by atoms with van der Waals surface area (Å²) >= 11 is 0. The number of benzene rings is 1. The van der Waals surface area contributed by atoms with Gasteiger partial charge in [-0.25, -0.2) is 4.39 Å². The highest BCUT2D eigenvalue weighted by atomic mass is 19.1. The Kier molecular flexibility index (Phi) is 3.73. The topological polar surface area (TPSA) is 3.24 Å². The van der Waals surface area contributed by atoms with E-state index in [1.807, 2.05) is 6.07 Å². The molecule has 0 amide bonds. The van der Waals surface area contributed by atoms with Crippen LogP contribution in [0.3, 0.4) is 0 Å². The fraction of sp³-hybridized carbons (Fsp3) is 0.429. The predicted octanol–water partition coefficient (Wildman–Crippen LogP) is 3.35. The molecule has 2 rings (SSSR count). The average molecular weight is 219 g/mol. The summed E-state index contributed by atoms with van der Waals surface area (Å²) in [6, 6.07) is 10.6. The zero-order valence-corrected chi connectivity index (χ0v) is 9.53. The van der Waals surface area contributed by atoms with E-state index in [9.17, 15) is 4.39 Å². The Morgan fingerprint density at radius 2 is 1.88 bits per heavy atom. The Bertz CT molecular complexity index is 339. The maximum absolute atomic E-state index is 12.7. The molecule has 1 aliphatic heterocycles. The Morgan fingerprint density at radius 3 is 2.44 bits per heavy atom. The van der Waals surface area contributed by atoms with E-state index in [0.717, 1.165) is 25.9 Å².